The van der Waals surface area contributed by atoms with Crippen molar-refractivity contribution >= 4 is 75.5 Å². The summed E-state index contributed by atoms with van der Waals surface area (Å²) in [4.78, 5) is 32.3. The van der Waals surface area contributed by atoms with E-state index in [1.54, 1.807) is 36.4 Å². The van der Waals surface area contributed by atoms with Crippen molar-refractivity contribution in [3.8, 4) is 11.5 Å². The van der Waals surface area contributed by atoms with Gasteiger partial charge in [0.2, 0.25) is 0 Å². The number of rotatable bonds is 5. The van der Waals surface area contributed by atoms with Gasteiger partial charge in [0.1, 0.15) is 5.57 Å². The van der Waals surface area contributed by atoms with Gasteiger partial charge in [-0.3, -0.25) is 19.4 Å². The molecule has 0 aliphatic carbocycles. The van der Waals surface area contributed by atoms with Crippen LogP contribution in [0.3, 0.4) is 0 Å². The summed E-state index contributed by atoms with van der Waals surface area (Å²) in [5.74, 6) is -1.15. The number of benzene rings is 3. The quantitative estimate of drug-likeness (QED) is 0.248. The van der Waals surface area contributed by atoms with E-state index in [1.165, 1.54) is 35.1 Å². The Morgan fingerprint density at radius 3 is 2.31 bits per heavy atom. The molecule has 0 bridgehead atoms. The highest BCUT2D eigenvalue weighted by molar-refractivity contribution is 7.81. The van der Waals surface area contributed by atoms with Gasteiger partial charge in [0.25, 0.3) is 11.8 Å². The zero-order chi connectivity index (χ0) is 27.7. The van der Waals surface area contributed by atoms with Crippen molar-refractivity contribution in [2.75, 3.05) is 48.1 Å². The second-order valence-corrected chi connectivity index (χ2v) is 9.89. The zero-order valence-electron chi connectivity index (χ0n) is 20.8. The van der Waals surface area contributed by atoms with E-state index in [9.17, 15) is 14.7 Å². The van der Waals surface area contributed by atoms with Crippen LogP contribution in [0.2, 0.25) is 10.0 Å². The molecule has 2 amide bonds. The Hall–Kier alpha value is -3.63. The molecule has 3 aromatic rings. The average molecular weight is 584 g/mol. The number of phenolic OH excluding ortho intramolecular Hbond substituents is 1. The van der Waals surface area contributed by atoms with E-state index in [2.05, 4.69) is 4.90 Å². The number of aromatic hydroxyl groups is 1. The highest BCUT2D eigenvalue weighted by atomic mass is 35.5. The van der Waals surface area contributed by atoms with Gasteiger partial charge in [0, 0.05) is 18.8 Å². The van der Waals surface area contributed by atoms with E-state index in [4.69, 9.17) is 44.9 Å². The molecule has 2 aliphatic rings. The fraction of sp³-hybridized carbons (Fsp3) is 0.179. The molecule has 3 aromatic carbocycles. The van der Waals surface area contributed by atoms with Crippen LogP contribution in [0.1, 0.15) is 5.56 Å². The first-order chi connectivity index (χ1) is 18.8. The van der Waals surface area contributed by atoms with Crippen LogP contribution in [0.5, 0.6) is 11.5 Å². The summed E-state index contributed by atoms with van der Waals surface area (Å²) in [5.41, 5.74) is 2.01. The first-order valence-corrected chi connectivity index (χ1v) is 13.1. The van der Waals surface area contributed by atoms with Crippen LogP contribution < -0.4 is 19.4 Å². The van der Waals surface area contributed by atoms with Crippen molar-refractivity contribution in [1.29, 1.82) is 0 Å². The maximum Gasteiger partial charge on any atom is 0.270 e. The monoisotopic (exact) mass is 583 g/mol. The SMILES string of the molecule is COc1cc(/C=C2\C(=O)N(c3ccc(N4CCOCC4)cc3)C(=S)N(c3cccc(Cl)c3Cl)C2=O)ccc1O. The number of thiocarbonyl (C=S) groups is 1. The number of nitrogens with zero attached hydrogens (tertiary/aromatic N) is 3. The van der Waals surface area contributed by atoms with Gasteiger partial charge in [-0.2, -0.15) is 0 Å². The first kappa shape index (κ1) is 27.0. The summed E-state index contributed by atoms with van der Waals surface area (Å²) >= 11 is 18.5. The highest BCUT2D eigenvalue weighted by Crippen LogP contribution is 2.38. The van der Waals surface area contributed by atoms with E-state index in [-0.39, 0.29) is 37.9 Å². The van der Waals surface area contributed by atoms with E-state index >= 15 is 0 Å². The van der Waals surface area contributed by atoms with Crippen LogP contribution in [0.4, 0.5) is 17.1 Å². The Bertz CT molecular complexity index is 1490. The third kappa shape index (κ3) is 5.18. The molecule has 2 aliphatic heterocycles. The number of hydrogen-bond acceptors (Lipinski definition) is 7. The van der Waals surface area contributed by atoms with Gasteiger partial charge in [-0.15, -0.1) is 0 Å². The molecule has 0 aromatic heterocycles. The number of hydrogen-bond donors (Lipinski definition) is 1. The number of anilines is 3. The third-order valence-electron chi connectivity index (χ3n) is 6.42. The molecule has 2 heterocycles. The fourth-order valence-electron chi connectivity index (χ4n) is 4.42. The molecule has 0 spiro atoms. The number of carbonyl (C=O) groups excluding carboxylic acids is 2. The predicted octanol–water partition coefficient (Wildman–Crippen LogP) is 5.29. The van der Waals surface area contributed by atoms with Crippen LogP contribution in [-0.4, -0.2) is 55.4 Å². The topological polar surface area (TPSA) is 82.6 Å². The molecule has 8 nitrogen and oxygen atoms in total. The largest absolute Gasteiger partial charge is 0.504 e. The first-order valence-electron chi connectivity index (χ1n) is 12.0. The molecule has 11 heteroatoms. The van der Waals surface area contributed by atoms with Crippen LogP contribution in [0.15, 0.2) is 66.2 Å². The van der Waals surface area contributed by atoms with Crippen molar-refractivity contribution in [1.82, 2.24) is 0 Å². The summed E-state index contributed by atoms with van der Waals surface area (Å²) in [6, 6.07) is 16.7. The second-order valence-electron chi connectivity index (χ2n) is 8.74. The molecule has 2 fully saturated rings. The number of carbonyl (C=O) groups is 2. The Labute approximate surface area is 240 Å². The molecule has 200 valence electrons. The average Bonchev–Trinajstić information content (AvgIpc) is 2.95. The summed E-state index contributed by atoms with van der Waals surface area (Å²) < 4.78 is 10.6. The smallest absolute Gasteiger partial charge is 0.270 e. The summed E-state index contributed by atoms with van der Waals surface area (Å²) in [5, 5.41) is 10.3. The van der Waals surface area contributed by atoms with Gasteiger partial charge in [-0.05, 0) is 72.4 Å². The minimum absolute atomic E-state index is 0.0614. The standard InChI is InChI=1S/C28H23Cl2N3O5S/c1-37-24-16-17(5-10-23(24)34)15-20-26(35)32(19-8-6-18(7-9-19)31-11-13-38-14-12-31)28(39)33(27(20)36)22-4-2-3-21(29)25(22)30/h2-10,15-16,34H,11-14H2,1H3/b20-15+. The number of methoxy groups -OCH3 is 1. The van der Waals surface area contributed by atoms with Crippen molar-refractivity contribution in [2.24, 2.45) is 0 Å². The lowest BCUT2D eigenvalue weighted by molar-refractivity contribution is -0.120. The van der Waals surface area contributed by atoms with E-state index in [0.717, 1.165) is 18.8 Å². The van der Waals surface area contributed by atoms with E-state index < -0.39 is 11.8 Å². The summed E-state index contributed by atoms with van der Waals surface area (Å²) in [7, 11) is 1.41. The van der Waals surface area contributed by atoms with Crippen LogP contribution >= 0.6 is 35.4 Å². The Balaban J connectivity index is 1.60. The van der Waals surface area contributed by atoms with Gasteiger partial charge in [-0.25, -0.2) is 0 Å². The van der Waals surface area contributed by atoms with Crippen LogP contribution in [0, 0.1) is 0 Å². The molecule has 0 atom stereocenters. The zero-order valence-corrected chi connectivity index (χ0v) is 23.1. The Kier molecular flexibility index (Phi) is 7.76. The molecule has 5 rings (SSSR count). The fourth-order valence-corrected chi connectivity index (χ4v) is 5.17. The minimum Gasteiger partial charge on any atom is -0.504 e. The highest BCUT2D eigenvalue weighted by Gasteiger charge is 2.42. The van der Waals surface area contributed by atoms with Gasteiger partial charge in [-0.1, -0.05) is 35.3 Å². The molecule has 0 unspecified atom stereocenters. The summed E-state index contributed by atoms with van der Waals surface area (Å²) in [6.07, 6.45) is 1.43. The predicted molar refractivity (Wildman–Crippen MR) is 156 cm³/mol. The van der Waals surface area contributed by atoms with Crippen LogP contribution in [0.25, 0.3) is 6.08 Å². The van der Waals surface area contributed by atoms with Gasteiger partial charge in [0.15, 0.2) is 16.6 Å². The molecule has 0 radical (unpaired) electrons. The van der Waals surface area contributed by atoms with Gasteiger partial charge in [0.05, 0.1) is 41.7 Å². The molecule has 39 heavy (non-hydrogen) atoms. The third-order valence-corrected chi connectivity index (χ3v) is 7.59. The normalized spacial score (nSPS) is 17.3. The molecule has 1 N–H and O–H groups in total. The van der Waals surface area contributed by atoms with Crippen molar-refractivity contribution in [2.45, 2.75) is 0 Å². The van der Waals surface area contributed by atoms with E-state index in [0.29, 0.717) is 24.5 Å². The van der Waals surface area contributed by atoms with Crippen LogP contribution in [-0.2, 0) is 14.3 Å². The molecule has 0 saturated carbocycles. The van der Waals surface area contributed by atoms with Crippen molar-refractivity contribution in [3.05, 3.63) is 81.8 Å². The van der Waals surface area contributed by atoms with Crippen molar-refractivity contribution in [3.63, 3.8) is 0 Å². The lowest BCUT2D eigenvalue weighted by Gasteiger charge is -2.37. The number of halogens is 2. The molecule has 2 saturated heterocycles. The second kappa shape index (κ2) is 11.2. The van der Waals surface area contributed by atoms with E-state index in [1.807, 2.05) is 12.1 Å². The maximum atomic E-state index is 13.8. The number of amides is 2. The lowest BCUT2D eigenvalue weighted by Crippen LogP contribution is -2.57. The van der Waals surface area contributed by atoms with Gasteiger partial charge >= 0.3 is 0 Å². The Morgan fingerprint density at radius 1 is 0.949 bits per heavy atom. The summed E-state index contributed by atoms with van der Waals surface area (Å²) in [6.45, 7) is 2.81. The lowest BCUT2D eigenvalue weighted by atomic mass is 10.0. The van der Waals surface area contributed by atoms with Gasteiger partial charge < -0.3 is 19.5 Å². The molecular formula is C28H23Cl2N3O5S. The number of morpholine rings is 1. The molecular weight excluding hydrogens is 561 g/mol. The van der Waals surface area contributed by atoms with Crippen molar-refractivity contribution < 1.29 is 24.2 Å². The minimum atomic E-state index is -0.664. The maximum absolute atomic E-state index is 13.8. The Morgan fingerprint density at radius 2 is 1.62 bits per heavy atom. The number of ether oxygens (including phenoxy) is 2. The number of phenols is 1.